The molecule has 9 heteroatoms. The number of amides is 1. The monoisotopic (exact) mass is 403 g/mol. The van der Waals surface area contributed by atoms with E-state index in [1.54, 1.807) is 25.3 Å². The Morgan fingerprint density at radius 3 is 2.59 bits per heavy atom. The summed E-state index contributed by atoms with van der Waals surface area (Å²) in [7, 11) is 2.87. The van der Waals surface area contributed by atoms with Crippen LogP contribution >= 0.6 is 0 Å². The second-order valence-corrected chi connectivity index (χ2v) is 7.21. The Bertz CT molecular complexity index is 908. The fraction of sp³-hybridized carbons (Fsp3) is 0.500. The number of hydrogen-bond donors (Lipinski definition) is 2. The molecule has 2 aliphatic heterocycles. The quantitative estimate of drug-likeness (QED) is 0.733. The van der Waals surface area contributed by atoms with Gasteiger partial charge in [-0.3, -0.25) is 9.69 Å². The predicted molar refractivity (Wildman–Crippen MR) is 105 cm³/mol. The Balaban J connectivity index is 1.48. The number of H-pyrrole nitrogens is 1. The van der Waals surface area contributed by atoms with E-state index >= 15 is 0 Å². The van der Waals surface area contributed by atoms with Crippen LogP contribution in [0.3, 0.4) is 0 Å². The molecule has 3 heterocycles. The Morgan fingerprint density at radius 1 is 1.21 bits per heavy atom. The summed E-state index contributed by atoms with van der Waals surface area (Å²) in [4.78, 5) is 30.0. The molecule has 2 saturated heterocycles. The average Bonchev–Trinajstić information content (AvgIpc) is 3.34. The lowest BCUT2D eigenvalue weighted by Gasteiger charge is -2.37. The molecule has 0 radical (unpaired) electrons. The molecule has 0 atom stereocenters. The number of carbonyl (C=O) groups excluding carboxylic acids is 2. The molecule has 2 N–H and O–H groups in total. The molecular formula is C20H25N3O6. The molecule has 0 saturated carbocycles. The van der Waals surface area contributed by atoms with Crippen molar-refractivity contribution in [1.82, 2.24) is 9.88 Å². The number of nitrogens with zero attached hydrogens (tertiary/aromatic N) is 1. The van der Waals surface area contributed by atoms with E-state index in [9.17, 15) is 9.59 Å². The highest BCUT2D eigenvalue weighted by Gasteiger charge is 2.40. The number of esters is 1. The van der Waals surface area contributed by atoms with Gasteiger partial charge in [0.05, 0.1) is 45.2 Å². The maximum Gasteiger partial charge on any atom is 0.356 e. The van der Waals surface area contributed by atoms with E-state index in [1.165, 1.54) is 7.11 Å². The van der Waals surface area contributed by atoms with Gasteiger partial charge in [0, 0.05) is 37.4 Å². The predicted octanol–water partition coefficient (Wildman–Crippen LogP) is 1.74. The number of piperidine rings is 1. The number of aromatic nitrogens is 1. The third kappa shape index (κ3) is 3.93. The summed E-state index contributed by atoms with van der Waals surface area (Å²) >= 11 is 0. The molecule has 4 rings (SSSR count). The van der Waals surface area contributed by atoms with Crippen LogP contribution in [0.15, 0.2) is 18.2 Å². The van der Waals surface area contributed by atoms with E-state index in [2.05, 4.69) is 15.2 Å². The first-order valence-electron chi connectivity index (χ1n) is 9.62. The largest absolute Gasteiger partial charge is 0.497 e. The van der Waals surface area contributed by atoms with E-state index < -0.39 is 11.8 Å². The van der Waals surface area contributed by atoms with Gasteiger partial charge in [0.1, 0.15) is 11.4 Å². The number of aromatic amines is 1. The molecule has 1 amide bonds. The Labute approximate surface area is 168 Å². The van der Waals surface area contributed by atoms with E-state index in [-0.39, 0.29) is 18.1 Å². The van der Waals surface area contributed by atoms with Crippen molar-refractivity contribution in [1.29, 1.82) is 0 Å². The van der Waals surface area contributed by atoms with E-state index in [0.29, 0.717) is 48.6 Å². The van der Waals surface area contributed by atoms with Crippen LogP contribution in [0.1, 0.15) is 23.3 Å². The van der Waals surface area contributed by atoms with Crippen LogP contribution in [0.5, 0.6) is 5.75 Å². The van der Waals surface area contributed by atoms with Crippen LogP contribution in [0.4, 0.5) is 5.69 Å². The van der Waals surface area contributed by atoms with Gasteiger partial charge in [0.15, 0.2) is 5.79 Å². The number of likely N-dealkylation sites (tertiary alicyclic amines) is 1. The summed E-state index contributed by atoms with van der Waals surface area (Å²) in [6.07, 6.45) is 1.47. The summed E-state index contributed by atoms with van der Waals surface area (Å²) < 4.78 is 21.5. The molecule has 2 aromatic rings. The van der Waals surface area contributed by atoms with Crippen molar-refractivity contribution >= 4 is 28.5 Å². The van der Waals surface area contributed by atoms with Gasteiger partial charge in [0.2, 0.25) is 5.91 Å². The van der Waals surface area contributed by atoms with Crippen LogP contribution in [0.25, 0.3) is 10.9 Å². The number of ether oxygens (including phenoxy) is 4. The SMILES string of the molecule is COC(=O)c1[nH]c2cc(OC)ccc2c1NC(=O)CN1CCC2(CC1)OCCO2. The summed E-state index contributed by atoms with van der Waals surface area (Å²) in [5.74, 6) is -0.574. The second kappa shape index (κ2) is 8.02. The van der Waals surface area contributed by atoms with Crippen LogP contribution in [0, 0.1) is 0 Å². The minimum absolute atomic E-state index is 0.198. The van der Waals surface area contributed by atoms with Crippen LogP contribution in [-0.4, -0.2) is 74.6 Å². The molecule has 1 aromatic carbocycles. The molecule has 156 valence electrons. The summed E-state index contributed by atoms with van der Waals surface area (Å²) in [5.41, 5.74) is 1.29. The van der Waals surface area contributed by atoms with Crippen LogP contribution < -0.4 is 10.1 Å². The first-order valence-corrected chi connectivity index (χ1v) is 9.62. The van der Waals surface area contributed by atoms with Gasteiger partial charge in [-0.2, -0.15) is 0 Å². The van der Waals surface area contributed by atoms with Gasteiger partial charge in [-0.05, 0) is 12.1 Å². The Morgan fingerprint density at radius 2 is 1.93 bits per heavy atom. The topological polar surface area (TPSA) is 102 Å². The first-order chi connectivity index (χ1) is 14.0. The molecule has 0 aliphatic carbocycles. The van der Waals surface area contributed by atoms with Gasteiger partial charge < -0.3 is 29.2 Å². The number of fused-ring (bicyclic) bond motifs is 1. The third-order valence-electron chi connectivity index (χ3n) is 5.46. The molecular weight excluding hydrogens is 378 g/mol. The lowest BCUT2D eigenvalue weighted by Crippen LogP contribution is -2.47. The molecule has 1 spiro atoms. The fourth-order valence-electron chi connectivity index (χ4n) is 3.91. The fourth-order valence-corrected chi connectivity index (χ4v) is 3.91. The second-order valence-electron chi connectivity index (χ2n) is 7.21. The van der Waals surface area contributed by atoms with Gasteiger partial charge in [0.25, 0.3) is 0 Å². The van der Waals surface area contributed by atoms with E-state index in [4.69, 9.17) is 18.9 Å². The minimum Gasteiger partial charge on any atom is -0.497 e. The van der Waals surface area contributed by atoms with E-state index in [1.807, 2.05) is 0 Å². The molecule has 2 aliphatic rings. The van der Waals surface area contributed by atoms with Gasteiger partial charge in [-0.15, -0.1) is 0 Å². The van der Waals surface area contributed by atoms with E-state index in [0.717, 1.165) is 12.8 Å². The number of rotatable bonds is 5. The van der Waals surface area contributed by atoms with Crippen molar-refractivity contribution in [2.24, 2.45) is 0 Å². The van der Waals surface area contributed by atoms with Gasteiger partial charge in [-0.1, -0.05) is 0 Å². The molecule has 9 nitrogen and oxygen atoms in total. The lowest BCUT2D eigenvalue weighted by molar-refractivity contribution is -0.185. The number of hydrogen-bond acceptors (Lipinski definition) is 7. The highest BCUT2D eigenvalue weighted by atomic mass is 16.7. The van der Waals surface area contributed by atoms with Crippen molar-refractivity contribution in [2.45, 2.75) is 18.6 Å². The van der Waals surface area contributed by atoms with Gasteiger partial charge >= 0.3 is 5.97 Å². The maximum absolute atomic E-state index is 12.7. The molecule has 0 unspecified atom stereocenters. The number of benzene rings is 1. The number of carbonyl (C=O) groups is 2. The maximum atomic E-state index is 12.7. The van der Waals surface area contributed by atoms with Crippen molar-refractivity contribution in [3.63, 3.8) is 0 Å². The highest BCUT2D eigenvalue weighted by molar-refractivity contribution is 6.11. The van der Waals surface area contributed by atoms with Crippen molar-refractivity contribution < 1.29 is 28.5 Å². The van der Waals surface area contributed by atoms with Gasteiger partial charge in [-0.25, -0.2) is 4.79 Å². The molecule has 2 fully saturated rings. The summed E-state index contributed by atoms with van der Waals surface area (Å²) in [5, 5.41) is 3.59. The molecule has 29 heavy (non-hydrogen) atoms. The molecule has 0 bridgehead atoms. The molecule has 1 aromatic heterocycles. The first kappa shape index (κ1) is 19.7. The summed E-state index contributed by atoms with van der Waals surface area (Å²) in [6.45, 7) is 2.90. The smallest absolute Gasteiger partial charge is 0.356 e. The van der Waals surface area contributed by atoms with Crippen molar-refractivity contribution in [3.05, 3.63) is 23.9 Å². The zero-order valence-corrected chi connectivity index (χ0v) is 16.6. The number of methoxy groups -OCH3 is 2. The van der Waals surface area contributed by atoms with Crippen LogP contribution in [0.2, 0.25) is 0 Å². The summed E-state index contributed by atoms with van der Waals surface area (Å²) in [6, 6.07) is 5.34. The van der Waals surface area contributed by atoms with Crippen molar-refractivity contribution in [3.8, 4) is 5.75 Å². The Hall–Kier alpha value is -2.62. The Kier molecular flexibility index (Phi) is 5.44. The standard InChI is InChI=1S/C20H25N3O6/c1-26-13-3-4-14-15(11-13)21-18(19(25)27-2)17(14)22-16(24)12-23-7-5-20(6-8-23)28-9-10-29-20/h3-4,11,21H,5-10,12H2,1-2H3,(H,22,24). The number of anilines is 1. The average molecular weight is 403 g/mol. The normalized spacial score (nSPS) is 18.8. The zero-order valence-electron chi connectivity index (χ0n) is 16.6. The lowest BCUT2D eigenvalue weighted by atomic mass is 10.0. The minimum atomic E-state index is -0.550. The van der Waals surface area contributed by atoms with Crippen LogP contribution in [-0.2, 0) is 19.0 Å². The third-order valence-corrected chi connectivity index (χ3v) is 5.46. The zero-order chi connectivity index (χ0) is 20.4. The van der Waals surface area contributed by atoms with Crippen molar-refractivity contribution in [2.75, 3.05) is 52.4 Å². The highest BCUT2D eigenvalue weighted by Crippen LogP contribution is 2.32. The number of nitrogens with one attached hydrogen (secondary N) is 2.